The molecule has 0 aliphatic carbocycles. The number of phenols is 3. The SMILES string of the molecule is O=c1oc2c(O)ccc(-c3oc4cc(O)cc(O)c4c(=O)c3O)c2s1. The lowest BCUT2D eigenvalue weighted by Gasteiger charge is -2.08. The monoisotopic (exact) mass is 360 g/mol. The molecule has 2 aromatic heterocycles. The lowest BCUT2D eigenvalue weighted by Crippen LogP contribution is -2.03. The van der Waals surface area contributed by atoms with Crippen LogP contribution in [0, 0.1) is 0 Å². The third kappa shape index (κ3) is 2.13. The molecule has 0 atom stereocenters. The number of hydrogen-bond donors (Lipinski definition) is 4. The Bertz CT molecular complexity index is 1280. The van der Waals surface area contributed by atoms with Crippen LogP contribution in [-0.4, -0.2) is 20.4 Å². The second-order valence-corrected chi connectivity index (χ2v) is 6.14. The fourth-order valence-electron chi connectivity index (χ4n) is 2.58. The molecule has 0 saturated carbocycles. The van der Waals surface area contributed by atoms with E-state index in [0.29, 0.717) is 11.3 Å². The van der Waals surface area contributed by atoms with Gasteiger partial charge in [-0.25, -0.2) is 4.79 Å². The third-order valence-electron chi connectivity index (χ3n) is 3.64. The minimum atomic E-state index is -0.911. The number of fused-ring (bicyclic) bond motifs is 2. The molecular weight excluding hydrogens is 352 g/mol. The van der Waals surface area contributed by atoms with Crippen LogP contribution in [0.2, 0.25) is 0 Å². The Kier molecular flexibility index (Phi) is 3.03. The summed E-state index contributed by atoms with van der Waals surface area (Å²) in [6, 6.07) is 4.61. The van der Waals surface area contributed by atoms with Gasteiger partial charge in [0.15, 0.2) is 17.1 Å². The molecular formula is C16H8O8S. The van der Waals surface area contributed by atoms with Gasteiger partial charge in [0, 0.05) is 17.7 Å². The Hall–Kier alpha value is -3.46. The van der Waals surface area contributed by atoms with Crippen LogP contribution in [0.5, 0.6) is 23.0 Å². The molecule has 0 fully saturated rings. The Balaban J connectivity index is 2.16. The molecule has 4 rings (SSSR count). The summed E-state index contributed by atoms with van der Waals surface area (Å²) in [6.45, 7) is 0. The van der Waals surface area contributed by atoms with E-state index in [2.05, 4.69) is 0 Å². The molecule has 2 aromatic carbocycles. The highest BCUT2D eigenvalue weighted by Crippen LogP contribution is 2.40. The summed E-state index contributed by atoms with van der Waals surface area (Å²) in [5.41, 5.74) is -1.03. The van der Waals surface area contributed by atoms with E-state index in [1.54, 1.807) is 0 Å². The summed E-state index contributed by atoms with van der Waals surface area (Å²) >= 11 is 0.660. The first kappa shape index (κ1) is 15.1. The van der Waals surface area contributed by atoms with Crippen LogP contribution in [0.25, 0.3) is 32.6 Å². The second-order valence-electron chi connectivity index (χ2n) is 5.19. The van der Waals surface area contributed by atoms with Gasteiger partial charge in [0.2, 0.25) is 11.2 Å². The fraction of sp³-hybridized carbons (Fsp3) is 0. The first-order chi connectivity index (χ1) is 11.9. The zero-order valence-electron chi connectivity index (χ0n) is 12.1. The summed E-state index contributed by atoms with van der Waals surface area (Å²) in [4.78, 5) is 23.2. The summed E-state index contributed by atoms with van der Waals surface area (Å²) in [5.74, 6) is -2.25. The minimum absolute atomic E-state index is 0.103. The largest absolute Gasteiger partial charge is 0.508 e. The maximum absolute atomic E-state index is 12.4. The maximum atomic E-state index is 12.4. The summed E-state index contributed by atoms with van der Waals surface area (Å²) in [7, 11) is 0. The highest BCUT2D eigenvalue weighted by Gasteiger charge is 2.22. The van der Waals surface area contributed by atoms with Crippen LogP contribution in [0.15, 0.2) is 42.7 Å². The number of hydrogen-bond acceptors (Lipinski definition) is 9. The highest BCUT2D eigenvalue weighted by molar-refractivity contribution is 7.16. The van der Waals surface area contributed by atoms with Crippen LogP contribution in [0.3, 0.4) is 0 Å². The quantitative estimate of drug-likeness (QED) is 0.405. The first-order valence-electron chi connectivity index (χ1n) is 6.84. The molecule has 0 aliphatic rings. The van der Waals surface area contributed by atoms with Gasteiger partial charge >= 0.3 is 4.94 Å². The van der Waals surface area contributed by atoms with E-state index in [1.807, 2.05) is 0 Å². The lowest BCUT2D eigenvalue weighted by atomic mass is 10.1. The van der Waals surface area contributed by atoms with Crippen molar-refractivity contribution in [2.24, 2.45) is 0 Å². The number of phenolic OH excluding ortho intramolecular Hbond substituents is 3. The maximum Gasteiger partial charge on any atom is 0.396 e. The standard InChI is InChI=1S/C16H8O8S/c17-5-3-8(19)10-9(4-5)23-13(12(21)11(10)20)6-1-2-7(18)14-15(6)25-16(22)24-14/h1-4,17-19,21H. The number of aromatic hydroxyl groups is 4. The van der Waals surface area contributed by atoms with Gasteiger partial charge in [-0.15, -0.1) is 0 Å². The summed E-state index contributed by atoms with van der Waals surface area (Å²) < 4.78 is 10.6. The number of rotatable bonds is 1. The molecule has 4 aromatic rings. The molecule has 9 heteroatoms. The molecule has 0 bridgehead atoms. The van der Waals surface area contributed by atoms with Crippen molar-refractivity contribution < 1.29 is 29.3 Å². The van der Waals surface area contributed by atoms with Gasteiger partial charge in [-0.1, -0.05) is 11.3 Å². The zero-order chi connectivity index (χ0) is 17.9. The minimum Gasteiger partial charge on any atom is -0.508 e. The zero-order valence-corrected chi connectivity index (χ0v) is 13.0. The van der Waals surface area contributed by atoms with Crippen LogP contribution >= 0.6 is 11.3 Å². The fourth-order valence-corrected chi connectivity index (χ4v) is 3.38. The van der Waals surface area contributed by atoms with Gasteiger partial charge in [-0.3, -0.25) is 4.79 Å². The van der Waals surface area contributed by atoms with Crippen molar-refractivity contribution in [3.05, 3.63) is 44.2 Å². The van der Waals surface area contributed by atoms with Gasteiger partial charge in [0.25, 0.3) is 0 Å². The molecule has 4 N–H and O–H groups in total. The topological polar surface area (TPSA) is 141 Å². The van der Waals surface area contributed by atoms with Gasteiger partial charge in [-0.2, -0.15) is 0 Å². The average Bonchev–Trinajstić information content (AvgIpc) is 2.93. The Labute approximate surface area is 141 Å². The van der Waals surface area contributed by atoms with Crippen molar-refractivity contribution in [2.45, 2.75) is 0 Å². The van der Waals surface area contributed by atoms with E-state index in [0.717, 1.165) is 12.1 Å². The molecule has 2 heterocycles. The van der Waals surface area contributed by atoms with Crippen molar-refractivity contribution in [1.29, 1.82) is 0 Å². The van der Waals surface area contributed by atoms with Gasteiger partial charge in [-0.05, 0) is 12.1 Å². The molecule has 0 aliphatic heterocycles. The molecule has 0 radical (unpaired) electrons. The number of benzene rings is 2. The van der Waals surface area contributed by atoms with Crippen LogP contribution in [0.1, 0.15) is 0 Å². The average molecular weight is 360 g/mol. The molecule has 0 saturated heterocycles. The van der Waals surface area contributed by atoms with E-state index in [1.165, 1.54) is 12.1 Å². The van der Waals surface area contributed by atoms with Gasteiger partial charge in [0.1, 0.15) is 22.5 Å². The smallest absolute Gasteiger partial charge is 0.396 e. The molecule has 8 nitrogen and oxygen atoms in total. The van der Waals surface area contributed by atoms with Crippen molar-refractivity contribution in [3.8, 4) is 34.3 Å². The molecule has 0 unspecified atom stereocenters. The second kappa shape index (κ2) is 5.02. The van der Waals surface area contributed by atoms with E-state index >= 15 is 0 Å². The molecule has 25 heavy (non-hydrogen) atoms. The van der Waals surface area contributed by atoms with Crippen molar-refractivity contribution in [3.63, 3.8) is 0 Å². The molecule has 0 spiro atoms. The van der Waals surface area contributed by atoms with Crippen molar-refractivity contribution in [2.75, 3.05) is 0 Å². The highest BCUT2D eigenvalue weighted by atomic mass is 32.1. The predicted octanol–water partition coefficient (Wildman–Crippen LogP) is 2.45. The van der Waals surface area contributed by atoms with E-state index in [4.69, 9.17) is 8.83 Å². The van der Waals surface area contributed by atoms with E-state index in [-0.39, 0.29) is 44.1 Å². The normalized spacial score (nSPS) is 11.4. The van der Waals surface area contributed by atoms with Gasteiger partial charge < -0.3 is 29.3 Å². The predicted molar refractivity (Wildman–Crippen MR) is 88.5 cm³/mol. The lowest BCUT2D eigenvalue weighted by molar-refractivity contribution is 0.438. The van der Waals surface area contributed by atoms with Crippen LogP contribution in [0.4, 0.5) is 0 Å². The molecule has 126 valence electrons. The van der Waals surface area contributed by atoms with Crippen molar-refractivity contribution >= 4 is 32.6 Å². The summed E-state index contributed by atoms with van der Waals surface area (Å²) in [6.07, 6.45) is 0. The Morgan fingerprint density at radius 2 is 1.68 bits per heavy atom. The first-order valence-corrected chi connectivity index (χ1v) is 7.66. The Morgan fingerprint density at radius 1 is 0.920 bits per heavy atom. The Morgan fingerprint density at radius 3 is 2.44 bits per heavy atom. The van der Waals surface area contributed by atoms with Crippen molar-refractivity contribution in [1.82, 2.24) is 0 Å². The molecule has 0 amide bonds. The van der Waals surface area contributed by atoms with Crippen LogP contribution < -0.4 is 10.4 Å². The summed E-state index contributed by atoms with van der Waals surface area (Å²) in [5, 5.41) is 39.1. The van der Waals surface area contributed by atoms with Gasteiger partial charge in [0.05, 0.1) is 4.70 Å². The van der Waals surface area contributed by atoms with E-state index < -0.39 is 21.9 Å². The van der Waals surface area contributed by atoms with Crippen LogP contribution in [-0.2, 0) is 0 Å². The third-order valence-corrected chi connectivity index (χ3v) is 4.50. The van der Waals surface area contributed by atoms with E-state index in [9.17, 15) is 30.0 Å².